The van der Waals surface area contributed by atoms with Crippen LogP contribution >= 0.6 is 0 Å². The van der Waals surface area contributed by atoms with Gasteiger partial charge < -0.3 is 4.74 Å². The molecule has 0 aliphatic carbocycles. The molecule has 0 radical (unpaired) electrons. The summed E-state index contributed by atoms with van der Waals surface area (Å²) in [6, 6.07) is 2.85. The zero-order chi connectivity index (χ0) is 15.7. The SMILES string of the molecule is Cc1cc([N+](=O)[O-])c(C)cc1Oc1nc(F)c(F)cc1F. The average Bonchev–Trinajstić information content (AvgIpc) is 2.39. The summed E-state index contributed by atoms with van der Waals surface area (Å²) in [6.07, 6.45) is 0. The number of hydrogen-bond donors (Lipinski definition) is 0. The third-order valence-electron chi connectivity index (χ3n) is 2.75. The fraction of sp³-hybridized carbons (Fsp3) is 0.154. The monoisotopic (exact) mass is 298 g/mol. The van der Waals surface area contributed by atoms with Gasteiger partial charge in [0, 0.05) is 17.7 Å². The van der Waals surface area contributed by atoms with Gasteiger partial charge in [0.05, 0.1) is 4.92 Å². The van der Waals surface area contributed by atoms with Gasteiger partial charge in [-0.05, 0) is 25.5 Å². The molecule has 1 heterocycles. The number of nitro groups is 1. The Morgan fingerprint density at radius 2 is 1.76 bits per heavy atom. The molecule has 0 unspecified atom stereocenters. The summed E-state index contributed by atoms with van der Waals surface area (Å²) in [5.41, 5.74) is 0.486. The molecule has 5 nitrogen and oxygen atoms in total. The summed E-state index contributed by atoms with van der Waals surface area (Å²) in [7, 11) is 0. The molecule has 1 aromatic carbocycles. The Kier molecular flexibility index (Phi) is 3.79. The van der Waals surface area contributed by atoms with E-state index in [4.69, 9.17) is 4.74 Å². The van der Waals surface area contributed by atoms with Gasteiger partial charge in [-0.15, -0.1) is 0 Å². The maximum atomic E-state index is 13.5. The van der Waals surface area contributed by atoms with E-state index < -0.39 is 28.4 Å². The number of nitrogens with zero attached hydrogens (tertiary/aromatic N) is 2. The van der Waals surface area contributed by atoms with Crippen molar-refractivity contribution in [3.8, 4) is 11.6 Å². The summed E-state index contributed by atoms with van der Waals surface area (Å²) < 4.78 is 44.3. The van der Waals surface area contributed by atoms with E-state index in [0.717, 1.165) is 0 Å². The van der Waals surface area contributed by atoms with Crippen molar-refractivity contribution in [2.75, 3.05) is 0 Å². The Labute approximate surface area is 117 Å². The maximum absolute atomic E-state index is 13.5. The topological polar surface area (TPSA) is 65.3 Å². The van der Waals surface area contributed by atoms with Gasteiger partial charge in [-0.3, -0.25) is 10.1 Å². The van der Waals surface area contributed by atoms with Gasteiger partial charge in [0.1, 0.15) is 5.75 Å². The number of benzene rings is 1. The number of nitro benzene ring substituents is 1. The Balaban J connectivity index is 2.43. The lowest BCUT2D eigenvalue weighted by atomic mass is 10.1. The number of hydrogen-bond acceptors (Lipinski definition) is 4. The fourth-order valence-corrected chi connectivity index (χ4v) is 1.69. The highest BCUT2D eigenvalue weighted by molar-refractivity contribution is 5.50. The van der Waals surface area contributed by atoms with Crippen molar-refractivity contribution in [2.45, 2.75) is 13.8 Å². The van der Waals surface area contributed by atoms with E-state index in [1.54, 1.807) is 0 Å². The molecule has 110 valence electrons. The maximum Gasteiger partial charge on any atom is 0.272 e. The van der Waals surface area contributed by atoms with E-state index >= 15 is 0 Å². The average molecular weight is 298 g/mol. The molecule has 0 fully saturated rings. The van der Waals surface area contributed by atoms with E-state index in [-0.39, 0.29) is 17.0 Å². The van der Waals surface area contributed by atoms with Crippen LogP contribution in [0.2, 0.25) is 0 Å². The van der Waals surface area contributed by atoms with Crippen LogP contribution in [0.4, 0.5) is 18.9 Å². The lowest BCUT2D eigenvalue weighted by molar-refractivity contribution is -0.385. The smallest absolute Gasteiger partial charge is 0.272 e. The molecule has 1 aromatic heterocycles. The van der Waals surface area contributed by atoms with Crippen molar-refractivity contribution in [1.29, 1.82) is 0 Å². The fourth-order valence-electron chi connectivity index (χ4n) is 1.69. The molecule has 0 atom stereocenters. The van der Waals surface area contributed by atoms with Gasteiger partial charge in [0.15, 0.2) is 11.6 Å². The van der Waals surface area contributed by atoms with Crippen molar-refractivity contribution in [1.82, 2.24) is 4.98 Å². The normalized spacial score (nSPS) is 10.5. The van der Waals surface area contributed by atoms with Crippen molar-refractivity contribution in [2.24, 2.45) is 0 Å². The highest BCUT2D eigenvalue weighted by Gasteiger charge is 2.18. The van der Waals surface area contributed by atoms with Crippen LogP contribution in [0.15, 0.2) is 18.2 Å². The molecule has 0 aliphatic rings. The van der Waals surface area contributed by atoms with E-state index in [0.29, 0.717) is 11.6 Å². The molecular formula is C13H9F3N2O3. The quantitative estimate of drug-likeness (QED) is 0.491. The van der Waals surface area contributed by atoms with E-state index in [9.17, 15) is 23.3 Å². The standard InChI is InChI=1S/C13H9F3N2O3/c1-6-4-11(7(2)3-10(6)18(19)20)21-13-9(15)5-8(14)12(16)17-13/h3-5H,1-2H3. The molecule has 2 aromatic rings. The van der Waals surface area contributed by atoms with Gasteiger partial charge in [0.25, 0.3) is 17.5 Å². The van der Waals surface area contributed by atoms with Crippen LogP contribution in [0.1, 0.15) is 11.1 Å². The van der Waals surface area contributed by atoms with Crippen LogP contribution in [0.25, 0.3) is 0 Å². The lowest BCUT2D eigenvalue weighted by Crippen LogP contribution is -2.00. The van der Waals surface area contributed by atoms with Crippen LogP contribution in [0, 0.1) is 41.5 Å². The third-order valence-corrected chi connectivity index (χ3v) is 2.75. The van der Waals surface area contributed by atoms with Crippen LogP contribution in [0.5, 0.6) is 11.6 Å². The first kappa shape index (κ1) is 14.8. The molecule has 0 saturated carbocycles. The van der Waals surface area contributed by atoms with Crippen molar-refractivity contribution < 1.29 is 22.8 Å². The summed E-state index contributed by atoms with van der Waals surface area (Å²) in [4.78, 5) is 13.2. The first-order valence-electron chi connectivity index (χ1n) is 5.74. The number of aromatic nitrogens is 1. The first-order chi connectivity index (χ1) is 9.79. The second-order valence-corrected chi connectivity index (χ2v) is 4.31. The molecule has 0 amide bonds. The Morgan fingerprint density at radius 3 is 2.38 bits per heavy atom. The first-order valence-corrected chi connectivity index (χ1v) is 5.74. The summed E-state index contributed by atoms with van der Waals surface area (Å²) >= 11 is 0. The molecule has 0 spiro atoms. The second-order valence-electron chi connectivity index (χ2n) is 4.31. The Bertz CT molecular complexity index is 735. The zero-order valence-electron chi connectivity index (χ0n) is 11.0. The Hall–Kier alpha value is -2.64. The summed E-state index contributed by atoms with van der Waals surface area (Å²) in [6.45, 7) is 2.97. The predicted octanol–water partition coefficient (Wildman–Crippen LogP) is 3.82. The van der Waals surface area contributed by atoms with Gasteiger partial charge in [-0.1, -0.05) is 0 Å². The van der Waals surface area contributed by atoms with E-state index in [1.807, 2.05) is 0 Å². The summed E-state index contributed by atoms with van der Waals surface area (Å²) in [5, 5.41) is 10.8. The molecule has 0 saturated heterocycles. The highest BCUT2D eigenvalue weighted by Crippen LogP contribution is 2.31. The van der Waals surface area contributed by atoms with Gasteiger partial charge in [-0.25, -0.2) is 8.78 Å². The van der Waals surface area contributed by atoms with Crippen LogP contribution < -0.4 is 4.74 Å². The zero-order valence-corrected chi connectivity index (χ0v) is 11.0. The van der Waals surface area contributed by atoms with Crippen LogP contribution in [-0.4, -0.2) is 9.91 Å². The number of halogens is 3. The number of aryl methyl sites for hydroxylation is 2. The second kappa shape index (κ2) is 5.39. The molecule has 0 aliphatic heterocycles. The molecule has 8 heteroatoms. The van der Waals surface area contributed by atoms with Crippen molar-refractivity contribution in [3.63, 3.8) is 0 Å². The van der Waals surface area contributed by atoms with Gasteiger partial charge in [-0.2, -0.15) is 9.37 Å². The molecule has 0 N–H and O–H groups in total. The number of ether oxygens (including phenoxy) is 1. The minimum absolute atomic E-state index is 0.0653. The van der Waals surface area contributed by atoms with Crippen LogP contribution in [0.3, 0.4) is 0 Å². The van der Waals surface area contributed by atoms with Gasteiger partial charge in [0.2, 0.25) is 0 Å². The van der Waals surface area contributed by atoms with E-state index in [1.165, 1.54) is 26.0 Å². The van der Waals surface area contributed by atoms with Gasteiger partial charge >= 0.3 is 0 Å². The van der Waals surface area contributed by atoms with Crippen molar-refractivity contribution in [3.05, 3.63) is 57.0 Å². The molecule has 2 rings (SSSR count). The predicted molar refractivity (Wildman–Crippen MR) is 66.8 cm³/mol. The lowest BCUT2D eigenvalue weighted by Gasteiger charge is -2.10. The molecular weight excluding hydrogens is 289 g/mol. The largest absolute Gasteiger partial charge is 0.436 e. The third kappa shape index (κ3) is 2.93. The Morgan fingerprint density at radius 1 is 1.10 bits per heavy atom. The molecule has 21 heavy (non-hydrogen) atoms. The highest BCUT2D eigenvalue weighted by atomic mass is 19.2. The minimum atomic E-state index is -1.50. The molecule has 0 bridgehead atoms. The number of rotatable bonds is 3. The van der Waals surface area contributed by atoms with Crippen LogP contribution in [-0.2, 0) is 0 Å². The number of pyridine rings is 1. The minimum Gasteiger partial charge on any atom is -0.436 e. The van der Waals surface area contributed by atoms with E-state index in [2.05, 4.69) is 4.98 Å². The summed E-state index contributed by atoms with van der Waals surface area (Å²) in [5.74, 6) is -4.79. The van der Waals surface area contributed by atoms with Crippen molar-refractivity contribution >= 4 is 5.69 Å².